The Kier molecular flexibility index (Phi) is 2.11. The lowest BCUT2D eigenvalue weighted by atomic mass is 10.3. The van der Waals surface area contributed by atoms with Gasteiger partial charge in [-0.2, -0.15) is 5.10 Å². The Bertz CT molecular complexity index is 283. The highest BCUT2D eigenvalue weighted by molar-refractivity contribution is 6.32. The van der Waals surface area contributed by atoms with Crippen molar-refractivity contribution in [1.29, 1.82) is 0 Å². The Morgan fingerprint density at radius 1 is 1.91 bits per heavy atom. The van der Waals surface area contributed by atoms with Gasteiger partial charge in [0.1, 0.15) is 0 Å². The largest absolute Gasteiger partial charge is 0.288 e. The number of carbonyl (C=O) groups excluding carboxylic acids is 1. The molecule has 0 aliphatic heterocycles. The summed E-state index contributed by atoms with van der Waals surface area (Å²) in [6.45, 7) is 0. The van der Waals surface area contributed by atoms with Crippen LogP contribution in [0.25, 0.3) is 0 Å². The van der Waals surface area contributed by atoms with Crippen LogP contribution >= 0.6 is 11.6 Å². The van der Waals surface area contributed by atoms with E-state index in [-0.39, 0.29) is 10.7 Å². The summed E-state index contributed by atoms with van der Waals surface area (Å²) in [4.78, 5) is 10.7. The molecule has 0 aliphatic carbocycles. The average Bonchev–Trinajstić information content (AvgIpc) is 2.28. The van der Waals surface area contributed by atoms with Crippen LogP contribution in [0.3, 0.4) is 0 Å². The number of nitrogens with zero attached hydrogens (tertiary/aromatic N) is 2. The number of aromatic nitrogens is 2. The highest BCUT2D eigenvalue weighted by Crippen LogP contribution is 2.11. The zero-order valence-electron chi connectivity index (χ0n) is 5.71. The molecular weight excluding hydrogens is 170 g/mol. The Morgan fingerprint density at radius 2 is 2.55 bits per heavy atom. The molecule has 0 aromatic carbocycles. The number of hydrogen-bond donors (Lipinski definition) is 2. The molecule has 0 aliphatic rings. The molecule has 0 unspecified atom stereocenters. The first-order valence-corrected chi connectivity index (χ1v) is 3.16. The van der Waals surface area contributed by atoms with Crippen LogP contribution in [0.15, 0.2) is 6.20 Å². The first-order chi connectivity index (χ1) is 5.15. The minimum atomic E-state index is -0.664. The molecule has 11 heavy (non-hydrogen) atoms. The summed E-state index contributed by atoms with van der Waals surface area (Å²) < 4.78 is 1.38. The molecule has 2 N–H and O–H groups in total. The Labute approximate surface area is 67.5 Å². The summed E-state index contributed by atoms with van der Waals surface area (Å²) in [6, 6.07) is 0. The molecule has 0 fully saturated rings. The van der Waals surface area contributed by atoms with E-state index in [4.69, 9.17) is 16.8 Å². The monoisotopic (exact) mass is 175 g/mol. The molecule has 0 saturated carbocycles. The number of carbonyl (C=O) groups is 1. The Morgan fingerprint density at radius 3 is 2.91 bits per heavy atom. The highest BCUT2D eigenvalue weighted by Gasteiger charge is 2.12. The maximum atomic E-state index is 10.7. The lowest BCUT2D eigenvalue weighted by molar-refractivity contribution is 0.0706. The fourth-order valence-electron chi connectivity index (χ4n) is 0.674. The van der Waals surface area contributed by atoms with E-state index in [1.807, 2.05) is 0 Å². The van der Waals surface area contributed by atoms with Gasteiger partial charge < -0.3 is 0 Å². The van der Waals surface area contributed by atoms with Crippen LogP contribution in [0, 0.1) is 0 Å². The fraction of sp³-hybridized carbons (Fsp3) is 0.200. The van der Waals surface area contributed by atoms with E-state index in [1.165, 1.54) is 16.4 Å². The van der Waals surface area contributed by atoms with Gasteiger partial charge in [-0.1, -0.05) is 11.6 Å². The third-order valence-corrected chi connectivity index (χ3v) is 1.41. The molecule has 5 nitrogen and oxygen atoms in total. The summed E-state index contributed by atoms with van der Waals surface area (Å²) >= 11 is 5.51. The van der Waals surface area contributed by atoms with Gasteiger partial charge in [-0.05, 0) is 0 Å². The normalized spacial score (nSPS) is 9.73. The van der Waals surface area contributed by atoms with Gasteiger partial charge in [-0.15, -0.1) is 0 Å². The van der Waals surface area contributed by atoms with Crippen LogP contribution in [-0.4, -0.2) is 20.9 Å². The second-order valence-corrected chi connectivity index (χ2v) is 2.31. The molecule has 0 saturated heterocycles. The quantitative estimate of drug-likeness (QED) is 0.473. The van der Waals surface area contributed by atoms with E-state index in [0.29, 0.717) is 0 Å². The highest BCUT2D eigenvalue weighted by atomic mass is 35.5. The van der Waals surface area contributed by atoms with Crippen molar-refractivity contribution in [3.63, 3.8) is 0 Å². The smallest absolute Gasteiger partial charge is 0.279 e. The number of aryl methyl sites for hydroxylation is 1. The maximum Gasteiger partial charge on any atom is 0.279 e. The van der Waals surface area contributed by atoms with E-state index in [1.54, 1.807) is 7.05 Å². The van der Waals surface area contributed by atoms with Gasteiger partial charge in [0.2, 0.25) is 0 Å². The fourth-order valence-corrected chi connectivity index (χ4v) is 0.928. The van der Waals surface area contributed by atoms with Crippen molar-refractivity contribution >= 4 is 17.5 Å². The van der Waals surface area contributed by atoms with Crippen molar-refractivity contribution in [1.82, 2.24) is 15.3 Å². The van der Waals surface area contributed by atoms with Crippen LogP contribution < -0.4 is 5.48 Å². The molecule has 0 bridgehead atoms. The summed E-state index contributed by atoms with van der Waals surface area (Å²) in [5.74, 6) is -0.664. The van der Waals surface area contributed by atoms with Crippen molar-refractivity contribution in [2.24, 2.45) is 7.05 Å². The van der Waals surface area contributed by atoms with Gasteiger partial charge >= 0.3 is 0 Å². The van der Waals surface area contributed by atoms with Crippen molar-refractivity contribution in [3.05, 3.63) is 16.9 Å². The molecule has 1 amide bonds. The van der Waals surface area contributed by atoms with Crippen molar-refractivity contribution < 1.29 is 10.0 Å². The van der Waals surface area contributed by atoms with Crippen LogP contribution in [0.2, 0.25) is 5.15 Å². The molecule has 6 heteroatoms. The standard InChI is InChI=1S/C5H6ClN3O2/c1-9-2-3(4(6)7-9)5(10)8-11/h2,11H,1H3,(H,8,10). The third kappa shape index (κ3) is 1.50. The van der Waals surface area contributed by atoms with Crippen molar-refractivity contribution in [2.45, 2.75) is 0 Å². The molecular formula is C5H6ClN3O2. The number of amides is 1. The number of nitrogens with one attached hydrogen (secondary N) is 1. The van der Waals surface area contributed by atoms with Gasteiger partial charge in [0.25, 0.3) is 5.91 Å². The molecule has 60 valence electrons. The van der Waals surface area contributed by atoms with Gasteiger partial charge in [-0.3, -0.25) is 14.7 Å². The van der Waals surface area contributed by atoms with Gasteiger partial charge in [0, 0.05) is 13.2 Å². The predicted octanol–water partition coefficient (Wildman–Crippen LogP) is 0.193. The van der Waals surface area contributed by atoms with E-state index in [2.05, 4.69) is 5.10 Å². The van der Waals surface area contributed by atoms with Gasteiger partial charge in [0.05, 0.1) is 5.56 Å². The minimum Gasteiger partial charge on any atom is -0.288 e. The summed E-state index contributed by atoms with van der Waals surface area (Å²) in [6.07, 6.45) is 1.41. The topological polar surface area (TPSA) is 67.2 Å². The van der Waals surface area contributed by atoms with Crippen molar-refractivity contribution in [2.75, 3.05) is 0 Å². The summed E-state index contributed by atoms with van der Waals surface area (Å²) in [5, 5.41) is 12.0. The molecule has 1 rings (SSSR count). The SMILES string of the molecule is Cn1cc(C(=O)NO)c(Cl)n1. The molecule has 0 atom stereocenters. The van der Waals surface area contributed by atoms with Gasteiger partial charge in [0.15, 0.2) is 5.15 Å². The summed E-state index contributed by atoms with van der Waals surface area (Å²) in [5.41, 5.74) is 1.61. The third-order valence-electron chi connectivity index (χ3n) is 1.13. The van der Waals surface area contributed by atoms with Crippen LogP contribution in [0.1, 0.15) is 10.4 Å². The molecule has 0 spiro atoms. The predicted molar refractivity (Wildman–Crippen MR) is 37.5 cm³/mol. The molecule has 0 radical (unpaired) electrons. The van der Waals surface area contributed by atoms with Crippen LogP contribution in [0.5, 0.6) is 0 Å². The summed E-state index contributed by atoms with van der Waals surface area (Å²) in [7, 11) is 1.63. The zero-order valence-corrected chi connectivity index (χ0v) is 6.46. The van der Waals surface area contributed by atoms with Gasteiger partial charge in [-0.25, -0.2) is 5.48 Å². The number of hydrogen-bond acceptors (Lipinski definition) is 3. The van der Waals surface area contributed by atoms with E-state index >= 15 is 0 Å². The average molecular weight is 176 g/mol. The van der Waals surface area contributed by atoms with E-state index in [0.717, 1.165) is 0 Å². The van der Waals surface area contributed by atoms with Crippen LogP contribution in [-0.2, 0) is 7.05 Å². The number of hydroxylamine groups is 1. The molecule has 1 aromatic heterocycles. The number of rotatable bonds is 1. The van der Waals surface area contributed by atoms with Crippen LogP contribution in [0.4, 0.5) is 0 Å². The first-order valence-electron chi connectivity index (χ1n) is 2.78. The number of halogens is 1. The Hall–Kier alpha value is -1.07. The maximum absolute atomic E-state index is 10.7. The second-order valence-electron chi connectivity index (χ2n) is 1.95. The first kappa shape index (κ1) is 8.03. The Balaban J connectivity index is 3.03. The van der Waals surface area contributed by atoms with E-state index < -0.39 is 5.91 Å². The minimum absolute atomic E-state index is 0.0686. The lowest BCUT2D eigenvalue weighted by Gasteiger charge is -1.91. The zero-order chi connectivity index (χ0) is 8.43. The molecule has 1 heterocycles. The van der Waals surface area contributed by atoms with E-state index in [9.17, 15) is 4.79 Å². The second kappa shape index (κ2) is 2.89. The van der Waals surface area contributed by atoms with Crippen molar-refractivity contribution in [3.8, 4) is 0 Å². The lowest BCUT2D eigenvalue weighted by Crippen LogP contribution is -2.18. The molecule has 1 aromatic rings.